The summed E-state index contributed by atoms with van der Waals surface area (Å²) in [6.45, 7) is 3.16. The molecule has 5 rings (SSSR count). The third-order valence-corrected chi connectivity index (χ3v) is 7.55. The van der Waals surface area contributed by atoms with Crippen LogP contribution in [0.2, 0.25) is 0 Å². The molecule has 4 saturated carbocycles. The number of ether oxygens (including phenoxy) is 1. The SMILES string of the molecule is CC1CC2CC1C1C3C[C@@H](C21)C1(CCOC1=O)C3. The predicted molar refractivity (Wildman–Crippen MR) is 66.6 cm³/mol. The van der Waals surface area contributed by atoms with E-state index in [4.69, 9.17) is 4.74 Å². The summed E-state index contributed by atoms with van der Waals surface area (Å²) < 4.78 is 5.35. The minimum atomic E-state index is -0.0143. The first-order chi connectivity index (χ1) is 8.71. The lowest BCUT2D eigenvalue weighted by molar-refractivity contribution is -0.151. The lowest BCUT2D eigenvalue weighted by Gasteiger charge is -2.43. The first kappa shape index (κ1) is 10.3. The van der Waals surface area contributed by atoms with E-state index in [9.17, 15) is 4.79 Å². The van der Waals surface area contributed by atoms with Gasteiger partial charge in [0.05, 0.1) is 12.0 Å². The minimum Gasteiger partial charge on any atom is -0.465 e. The number of carbonyl (C=O) groups is 1. The van der Waals surface area contributed by atoms with Gasteiger partial charge in [-0.15, -0.1) is 0 Å². The molecular formula is C16H22O2. The molecule has 1 spiro atoms. The summed E-state index contributed by atoms with van der Waals surface area (Å²) in [5.41, 5.74) is -0.0143. The van der Waals surface area contributed by atoms with Gasteiger partial charge in [0.2, 0.25) is 0 Å². The Labute approximate surface area is 108 Å². The first-order valence-corrected chi connectivity index (χ1v) is 7.88. The van der Waals surface area contributed by atoms with Gasteiger partial charge in [0, 0.05) is 0 Å². The van der Waals surface area contributed by atoms with Crippen molar-refractivity contribution in [3.05, 3.63) is 0 Å². The van der Waals surface area contributed by atoms with Crippen LogP contribution in [0.3, 0.4) is 0 Å². The molecule has 4 aliphatic carbocycles. The summed E-state index contributed by atoms with van der Waals surface area (Å²) in [6, 6.07) is 0. The Balaban J connectivity index is 1.55. The average molecular weight is 246 g/mol. The van der Waals surface area contributed by atoms with E-state index in [0.717, 1.165) is 41.9 Å². The number of esters is 1. The van der Waals surface area contributed by atoms with Gasteiger partial charge in [-0.25, -0.2) is 0 Å². The van der Waals surface area contributed by atoms with E-state index in [1.54, 1.807) is 0 Å². The van der Waals surface area contributed by atoms with Crippen LogP contribution in [-0.2, 0) is 9.53 Å². The van der Waals surface area contributed by atoms with Gasteiger partial charge < -0.3 is 4.74 Å². The summed E-state index contributed by atoms with van der Waals surface area (Å²) in [7, 11) is 0. The van der Waals surface area contributed by atoms with Gasteiger partial charge in [0.1, 0.15) is 0 Å². The summed E-state index contributed by atoms with van der Waals surface area (Å²) in [4.78, 5) is 12.2. The molecule has 98 valence electrons. The van der Waals surface area contributed by atoms with Crippen LogP contribution in [0.1, 0.15) is 39.0 Å². The zero-order valence-electron chi connectivity index (χ0n) is 11.1. The highest BCUT2D eigenvalue weighted by molar-refractivity contribution is 5.80. The van der Waals surface area contributed by atoms with Crippen molar-refractivity contribution in [3.8, 4) is 0 Å². The molecule has 1 saturated heterocycles. The molecule has 0 aromatic heterocycles. The highest BCUT2D eigenvalue weighted by Crippen LogP contribution is 2.74. The normalized spacial score (nSPS) is 63.8. The van der Waals surface area contributed by atoms with Crippen molar-refractivity contribution in [2.24, 2.45) is 46.8 Å². The van der Waals surface area contributed by atoms with Crippen molar-refractivity contribution >= 4 is 5.97 Å². The van der Waals surface area contributed by atoms with E-state index < -0.39 is 0 Å². The molecule has 0 aromatic rings. The zero-order chi connectivity index (χ0) is 12.1. The second kappa shape index (κ2) is 2.96. The van der Waals surface area contributed by atoms with Crippen LogP contribution in [-0.4, -0.2) is 12.6 Å². The van der Waals surface area contributed by atoms with Crippen LogP contribution in [0.4, 0.5) is 0 Å². The quantitative estimate of drug-likeness (QED) is 0.485. The Kier molecular flexibility index (Phi) is 1.69. The van der Waals surface area contributed by atoms with Gasteiger partial charge in [-0.2, -0.15) is 0 Å². The second-order valence-corrected chi connectivity index (χ2v) is 7.88. The first-order valence-electron chi connectivity index (χ1n) is 7.88. The van der Waals surface area contributed by atoms with Crippen LogP contribution in [0.25, 0.3) is 0 Å². The summed E-state index contributed by atoms with van der Waals surface area (Å²) in [5, 5.41) is 0. The van der Waals surface area contributed by atoms with Crippen molar-refractivity contribution in [3.63, 3.8) is 0 Å². The molecule has 7 unspecified atom stereocenters. The van der Waals surface area contributed by atoms with Crippen molar-refractivity contribution in [1.82, 2.24) is 0 Å². The molecule has 0 N–H and O–H groups in total. The standard InChI is InChI=1S/C16H22O2/c1-8-4-9-5-11(8)13-10-6-12(14(9)13)16(7-10)2-3-18-15(16)17/h8-14H,2-7H2,1H3/t8?,9?,10?,11?,12-,13?,14?,16?/m0/s1. The molecule has 1 aliphatic heterocycles. The van der Waals surface area contributed by atoms with Crippen molar-refractivity contribution in [1.29, 1.82) is 0 Å². The maximum atomic E-state index is 12.2. The van der Waals surface area contributed by atoms with E-state index in [2.05, 4.69) is 6.92 Å². The van der Waals surface area contributed by atoms with Crippen LogP contribution in [0.5, 0.6) is 0 Å². The topological polar surface area (TPSA) is 26.3 Å². The van der Waals surface area contributed by atoms with Gasteiger partial charge in [-0.1, -0.05) is 6.92 Å². The molecular weight excluding hydrogens is 224 g/mol. The summed E-state index contributed by atoms with van der Waals surface area (Å²) in [5.74, 6) is 6.54. The Morgan fingerprint density at radius 3 is 2.83 bits per heavy atom. The molecule has 2 nitrogen and oxygen atoms in total. The number of fused-ring (bicyclic) bond motifs is 10. The van der Waals surface area contributed by atoms with Gasteiger partial charge in [-0.3, -0.25) is 4.79 Å². The third kappa shape index (κ3) is 0.916. The molecule has 8 atom stereocenters. The van der Waals surface area contributed by atoms with E-state index >= 15 is 0 Å². The van der Waals surface area contributed by atoms with Crippen LogP contribution < -0.4 is 0 Å². The van der Waals surface area contributed by atoms with Crippen LogP contribution >= 0.6 is 0 Å². The fourth-order valence-electron chi connectivity index (χ4n) is 7.21. The number of hydrogen-bond acceptors (Lipinski definition) is 2. The average Bonchev–Trinajstić information content (AvgIpc) is 3.05. The molecule has 5 aliphatic rings. The molecule has 2 heteroatoms. The monoisotopic (exact) mass is 246 g/mol. The van der Waals surface area contributed by atoms with Crippen molar-refractivity contribution in [2.75, 3.05) is 6.61 Å². The molecule has 0 aromatic carbocycles. The molecule has 0 amide bonds. The number of rotatable bonds is 0. The molecule has 5 fully saturated rings. The Bertz CT molecular complexity index is 431. The van der Waals surface area contributed by atoms with E-state index in [1.165, 1.54) is 25.7 Å². The maximum absolute atomic E-state index is 12.2. The predicted octanol–water partition coefficient (Wildman–Crippen LogP) is 2.87. The van der Waals surface area contributed by atoms with Gasteiger partial charge >= 0.3 is 5.97 Å². The molecule has 18 heavy (non-hydrogen) atoms. The molecule has 0 radical (unpaired) electrons. The Morgan fingerprint density at radius 1 is 1.17 bits per heavy atom. The van der Waals surface area contributed by atoms with Crippen molar-refractivity contribution < 1.29 is 9.53 Å². The van der Waals surface area contributed by atoms with Crippen LogP contribution in [0, 0.1) is 46.8 Å². The van der Waals surface area contributed by atoms with E-state index in [0.29, 0.717) is 12.5 Å². The Hall–Kier alpha value is -0.530. The van der Waals surface area contributed by atoms with Crippen molar-refractivity contribution in [2.45, 2.75) is 39.0 Å². The minimum absolute atomic E-state index is 0.0143. The largest absolute Gasteiger partial charge is 0.465 e. The fraction of sp³-hybridized carbons (Fsp3) is 0.938. The number of hydrogen-bond donors (Lipinski definition) is 0. The summed E-state index contributed by atoms with van der Waals surface area (Å²) >= 11 is 0. The number of carbonyl (C=O) groups excluding carboxylic acids is 1. The lowest BCUT2D eigenvalue weighted by Crippen LogP contribution is -2.43. The smallest absolute Gasteiger partial charge is 0.312 e. The molecule has 1 heterocycles. The van der Waals surface area contributed by atoms with Gasteiger partial charge in [0.25, 0.3) is 0 Å². The van der Waals surface area contributed by atoms with E-state index in [-0.39, 0.29) is 11.4 Å². The fourth-order valence-corrected chi connectivity index (χ4v) is 7.21. The van der Waals surface area contributed by atoms with Crippen LogP contribution in [0.15, 0.2) is 0 Å². The maximum Gasteiger partial charge on any atom is 0.312 e. The summed E-state index contributed by atoms with van der Waals surface area (Å²) in [6.07, 6.45) is 6.48. The number of cyclic esters (lactones) is 1. The Morgan fingerprint density at radius 2 is 2.06 bits per heavy atom. The highest BCUT2D eigenvalue weighted by Gasteiger charge is 2.71. The van der Waals surface area contributed by atoms with Gasteiger partial charge in [-0.05, 0) is 73.5 Å². The molecule has 4 bridgehead atoms. The van der Waals surface area contributed by atoms with Gasteiger partial charge in [0.15, 0.2) is 0 Å². The highest BCUT2D eigenvalue weighted by atomic mass is 16.5. The van der Waals surface area contributed by atoms with E-state index in [1.807, 2.05) is 0 Å². The second-order valence-electron chi connectivity index (χ2n) is 7.88. The third-order valence-electron chi connectivity index (χ3n) is 7.55. The zero-order valence-corrected chi connectivity index (χ0v) is 11.1. The lowest BCUT2D eigenvalue weighted by atomic mass is 9.59.